The molecule has 0 N–H and O–H groups in total. The Labute approximate surface area is 95.9 Å². The van der Waals surface area contributed by atoms with E-state index in [0.29, 0.717) is 6.01 Å². The van der Waals surface area contributed by atoms with E-state index in [9.17, 15) is 9.13 Å². The predicted octanol–water partition coefficient (Wildman–Crippen LogP) is 2.36. The largest absolute Gasteiger partial charge is 0.534 e. The summed E-state index contributed by atoms with van der Waals surface area (Å²) >= 11 is 0. The lowest BCUT2D eigenvalue weighted by Crippen LogP contribution is -2.33. The highest BCUT2D eigenvalue weighted by molar-refractivity contribution is 7.25. The molecule has 1 aromatic heterocycles. The minimum atomic E-state index is -2.85. The number of hydrogen-bond donors (Lipinski definition) is 0. The molecule has 0 fully saturated rings. The molecule has 1 rings (SSSR count). The summed E-state index contributed by atoms with van der Waals surface area (Å²) in [5.74, 6) is 0. The van der Waals surface area contributed by atoms with Crippen molar-refractivity contribution < 1.29 is 18.2 Å². The summed E-state index contributed by atoms with van der Waals surface area (Å²) in [5.41, 5.74) is 0. The summed E-state index contributed by atoms with van der Waals surface area (Å²) in [4.78, 5) is 0. The molecule has 1 heterocycles. The van der Waals surface area contributed by atoms with Crippen LogP contribution in [0.25, 0.3) is 0 Å². The van der Waals surface area contributed by atoms with E-state index in [1.54, 1.807) is 17.8 Å². The van der Waals surface area contributed by atoms with Crippen LogP contribution < -0.4 is 9.09 Å². The highest BCUT2D eigenvalue weighted by atomic mass is 31.1. The quantitative estimate of drug-likeness (QED) is 0.421. The van der Waals surface area contributed by atoms with Gasteiger partial charge in [0.05, 0.1) is 13.6 Å². The molecule has 0 saturated heterocycles. The fraction of sp³-hybridized carbons (Fsp3) is 0.700. The highest BCUT2D eigenvalue weighted by Gasteiger charge is 2.17. The van der Waals surface area contributed by atoms with Crippen LogP contribution in [0.2, 0.25) is 0 Å². The van der Waals surface area contributed by atoms with Crippen LogP contribution in [-0.4, -0.2) is 4.57 Å². The van der Waals surface area contributed by atoms with Crippen LogP contribution in [0.1, 0.15) is 32.6 Å². The Kier molecular flexibility index (Phi) is 5.26. The zero-order chi connectivity index (χ0) is 12.0. The van der Waals surface area contributed by atoms with Crippen LogP contribution in [0.15, 0.2) is 12.4 Å². The molecule has 0 radical (unpaired) electrons. The van der Waals surface area contributed by atoms with E-state index in [4.69, 9.17) is 4.52 Å². The molecule has 1 aromatic rings. The van der Waals surface area contributed by atoms with Crippen molar-refractivity contribution in [3.63, 3.8) is 0 Å². The first-order chi connectivity index (χ1) is 7.65. The molecular formula is C10H18N2O3P+. The summed E-state index contributed by atoms with van der Waals surface area (Å²) in [6.45, 7) is 2.95. The Balaban J connectivity index is 2.58. The fourth-order valence-electron chi connectivity index (χ4n) is 1.57. The van der Waals surface area contributed by atoms with Gasteiger partial charge in [0.15, 0.2) is 0 Å². The average molecular weight is 245 g/mol. The number of nitrogens with zero attached hydrogens (tertiary/aromatic N) is 2. The molecule has 90 valence electrons. The lowest BCUT2D eigenvalue weighted by molar-refractivity contribution is -0.699. The van der Waals surface area contributed by atoms with Crippen molar-refractivity contribution in [1.82, 2.24) is 4.57 Å². The van der Waals surface area contributed by atoms with Crippen molar-refractivity contribution in [3.8, 4) is 6.01 Å². The maximum absolute atomic E-state index is 10.5. The van der Waals surface area contributed by atoms with Gasteiger partial charge in [0.1, 0.15) is 12.4 Å². The second kappa shape index (κ2) is 6.48. The zero-order valence-electron chi connectivity index (χ0n) is 9.76. The van der Waals surface area contributed by atoms with Crippen LogP contribution >= 0.6 is 7.91 Å². The minimum absolute atomic E-state index is 0.368. The van der Waals surface area contributed by atoms with Crippen molar-refractivity contribution in [1.29, 1.82) is 0 Å². The van der Waals surface area contributed by atoms with Gasteiger partial charge < -0.3 is 4.52 Å². The van der Waals surface area contributed by atoms with E-state index in [2.05, 4.69) is 6.92 Å². The number of imidazole rings is 1. The molecule has 0 spiro atoms. The molecule has 0 unspecified atom stereocenters. The SMILES string of the molecule is CCCCCC[n+]1ccn(C)c1OP(=O)=O. The summed E-state index contributed by atoms with van der Waals surface area (Å²) in [6.07, 6.45) is 8.21. The van der Waals surface area contributed by atoms with Crippen molar-refractivity contribution in [3.05, 3.63) is 12.4 Å². The molecule has 0 amide bonds. The number of aryl methyl sites for hydroxylation is 2. The van der Waals surface area contributed by atoms with Gasteiger partial charge in [0.25, 0.3) is 0 Å². The van der Waals surface area contributed by atoms with Gasteiger partial charge in [-0.25, -0.2) is 0 Å². The van der Waals surface area contributed by atoms with Crippen LogP contribution in [0.5, 0.6) is 6.01 Å². The number of unbranched alkanes of at least 4 members (excludes halogenated alkanes) is 3. The van der Waals surface area contributed by atoms with Gasteiger partial charge in [-0.15, -0.1) is 0 Å². The van der Waals surface area contributed by atoms with Crippen molar-refractivity contribution >= 4 is 7.91 Å². The molecule has 0 atom stereocenters. The highest BCUT2D eigenvalue weighted by Crippen LogP contribution is 2.13. The van der Waals surface area contributed by atoms with Crippen molar-refractivity contribution in [2.75, 3.05) is 0 Å². The summed E-state index contributed by atoms with van der Waals surface area (Å²) in [6, 6.07) is 0.368. The molecule has 0 bridgehead atoms. The Morgan fingerprint density at radius 1 is 1.38 bits per heavy atom. The molecule has 5 nitrogen and oxygen atoms in total. The number of aromatic nitrogens is 2. The van der Waals surface area contributed by atoms with E-state index in [1.807, 2.05) is 10.8 Å². The standard InChI is InChI=1S/C10H18N2O3P/c1-3-4-5-6-7-12-9-8-11(2)10(12)15-16(13)14/h8-9H,3-7H2,1-2H3/q+1. The third-order valence-corrected chi connectivity index (χ3v) is 2.74. The third kappa shape index (κ3) is 3.81. The van der Waals surface area contributed by atoms with Gasteiger partial charge >= 0.3 is 13.9 Å². The molecule has 0 aromatic carbocycles. The van der Waals surface area contributed by atoms with Gasteiger partial charge in [-0.2, -0.15) is 18.3 Å². The predicted molar refractivity (Wildman–Crippen MR) is 58.7 cm³/mol. The lowest BCUT2D eigenvalue weighted by atomic mass is 10.2. The van der Waals surface area contributed by atoms with E-state index >= 15 is 0 Å². The van der Waals surface area contributed by atoms with Gasteiger partial charge in [0.2, 0.25) is 0 Å². The van der Waals surface area contributed by atoms with E-state index in [1.165, 1.54) is 12.8 Å². The lowest BCUT2D eigenvalue weighted by Gasteiger charge is -1.99. The first-order valence-corrected chi connectivity index (χ1v) is 6.61. The maximum atomic E-state index is 10.5. The fourth-order valence-corrected chi connectivity index (χ4v) is 1.94. The third-order valence-electron chi connectivity index (χ3n) is 2.43. The van der Waals surface area contributed by atoms with E-state index in [-0.39, 0.29) is 0 Å². The monoisotopic (exact) mass is 245 g/mol. The van der Waals surface area contributed by atoms with Crippen molar-refractivity contribution in [2.45, 2.75) is 39.2 Å². The first-order valence-electron chi connectivity index (χ1n) is 5.52. The van der Waals surface area contributed by atoms with E-state index in [0.717, 1.165) is 19.4 Å². The maximum Gasteiger partial charge on any atom is 0.534 e. The van der Waals surface area contributed by atoms with Crippen LogP contribution in [0.4, 0.5) is 0 Å². The second-order valence-electron chi connectivity index (χ2n) is 3.76. The van der Waals surface area contributed by atoms with Crippen molar-refractivity contribution in [2.24, 2.45) is 7.05 Å². The van der Waals surface area contributed by atoms with Crippen LogP contribution in [0.3, 0.4) is 0 Å². The summed E-state index contributed by atoms with van der Waals surface area (Å²) in [5, 5.41) is 0. The molecule has 6 heteroatoms. The Hall–Kier alpha value is -1.09. The molecule has 0 aliphatic heterocycles. The summed E-state index contributed by atoms with van der Waals surface area (Å²) < 4.78 is 29.3. The van der Waals surface area contributed by atoms with E-state index < -0.39 is 7.91 Å². The smallest absolute Gasteiger partial charge is 0.315 e. The zero-order valence-corrected chi connectivity index (χ0v) is 10.7. The summed E-state index contributed by atoms with van der Waals surface area (Å²) in [7, 11) is -1.09. The topological polar surface area (TPSA) is 52.2 Å². The first kappa shape index (κ1) is 13.0. The van der Waals surface area contributed by atoms with Gasteiger partial charge in [-0.1, -0.05) is 19.8 Å². The Morgan fingerprint density at radius 2 is 2.12 bits per heavy atom. The Morgan fingerprint density at radius 3 is 2.75 bits per heavy atom. The minimum Gasteiger partial charge on any atom is -0.315 e. The molecule has 0 saturated carbocycles. The average Bonchev–Trinajstić information content (AvgIpc) is 2.56. The molecule has 16 heavy (non-hydrogen) atoms. The van der Waals surface area contributed by atoms with Crippen LogP contribution in [-0.2, 0) is 22.7 Å². The number of rotatable bonds is 7. The normalized spacial score (nSPS) is 10.4. The molecular weight excluding hydrogens is 227 g/mol. The van der Waals surface area contributed by atoms with Gasteiger partial charge in [-0.05, 0) is 12.8 Å². The molecule has 0 aliphatic carbocycles. The van der Waals surface area contributed by atoms with Gasteiger partial charge in [0, 0.05) is 0 Å². The second-order valence-corrected chi connectivity index (χ2v) is 4.39. The molecule has 0 aliphatic rings. The number of hydrogen-bond acceptors (Lipinski definition) is 3. The van der Waals surface area contributed by atoms with Gasteiger partial charge in [-0.3, -0.25) is 0 Å². The van der Waals surface area contributed by atoms with Crippen LogP contribution in [0, 0.1) is 0 Å². The Bertz CT molecular complexity index is 391.